The lowest BCUT2D eigenvalue weighted by Gasteiger charge is -2.10. The number of benzene rings is 2. The zero-order chi connectivity index (χ0) is 16.7. The van der Waals surface area contributed by atoms with Crippen LogP contribution >= 0.6 is 11.3 Å². The van der Waals surface area contributed by atoms with Crippen LogP contribution in [0.5, 0.6) is 0 Å². The van der Waals surface area contributed by atoms with E-state index in [1.54, 1.807) is 11.3 Å². The number of nitrogens with two attached hydrogens (primary N) is 1. The molecule has 1 aliphatic rings. The van der Waals surface area contributed by atoms with E-state index in [1.165, 1.54) is 27.1 Å². The first-order valence-corrected chi connectivity index (χ1v) is 8.78. The van der Waals surface area contributed by atoms with E-state index in [0.29, 0.717) is 5.56 Å². The van der Waals surface area contributed by atoms with Crippen molar-refractivity contribution in [2.75, 3.05) is 0 Å². The first-order valence-electron chi connectivity index (χ1n) is 7.90. The maximum absolute atomic E-state index is 11.8. The second-order valence-electron chi connectivity index (χ2n) is 6.11. The summed E-state index contributed by atoms with van der Waals surface area (Å²) in [6.45, 7) is 2.08. The average Bonchev–Trinajstić information content (AvgIpc) is 3.24. The van der Waals surface area contributed by atoms with Crippen LogP contribution in [0.1, 0.15) is 32.6 Å². The van der Waals surface area contributed by atoms with E-state index in [0.717, 1.165) is 17.5 Å². The maximum atomic E-state index is 11.8. The number of hydrogen-bond donors (Lipinski definition) is 1. The molecule has 0 spiro atoms. The van der Waals surface area contributed by atoms with E-state index in [9.17, 15) is 4.79 Å². The molecule has 1 amide bonds. The summed E-state index contributed by atoms with van der Waals surface area (Å²) in [5.41, 5.74) is 13.2. The van der Waals surface area contributed by atoms with Gasteiger partial charge in [-0.05, 0) is 64.8 Å². The summed E-state index contributed by atoms with van der Waals surface area (Å²) >= 11 is 1.71. The van der Waals surface area contributed by atoms with Gasteiger partial charge in [-0.15, -0.1) is 11.3 Å². The van der Waals surface area contributed by atoms with Gasteiger partial charge in [0.2, 0.25) is 5.91 Å². The average molecular weight is 331 g/mol. The monoisotopic (exact) mass is 331 g/mol. The maximum Gasteiger partial charge on any atom is 0.249 e. The standard InChI is InChI=1S/C21H17NOS/c1-13-4-6-14(7-5-13)15-11-18-16(20-3-2-10-24-20)8-9-17(21(22)23)19(18)12-15/h2-11H,12H2,1H3,(H2,22,23). The number of carbonyl (C=O) groups excluding carboxylic acids is 1. The summed E-state index contributed by atoms with van der Waals surface area (Å²) in [7, 11) is 0. The fourth-order valence-corrected chi connectivity index (χ4v) is 4.03. The predicted molar refractivity (Wildman–Crippen MR) is 101 cm³/mol. The zero-order valence-electron chi connectivity index (χ0n) is 13.4. The molecule has 0 radical (unpaired) electrons. The van der Waals surface area contributed by atoms with Crippen LogP contribution in [0, 0.1) is 6.92 Å². The Bertz CT molecular complexity index is 950. The number of amides is 1. The molecular weight excluding hydrogens is 314 g/mol. The number of primary amides is 1. The molecule has 118 valence electrons. The van der Waals surface area contributed by atoms with Gasteiger partial charge >= 0.3 is 0 Å². The van der Waals surface area contributed by atoms with Crippen molar-refractivity contribution >= 4 is 28.9 Å². The third kappa shape index (κ3) is 2.47. The molecule has 1 aromatic heterocycles. The number of carbonyl (C=O) groups is 1. The fraction of sp³-hybridized carbons (Fsp3) is 0.0952. The number of allylic oxidation sites excluding steroid dienone is 1. The molecule has 1 heterocycles. The van der Waals surface area contributed by atoms with Crippen LogP contribution < -0.4 is 5.73 Å². The highest BCUT2D eigenvalue weighted by Gasteiger charge is 2.23. The molecule has 2 nitrogen and oxygen atoms in total. The summed E-state index contributed by atoms with van der Waals surface area (Å²) in [5.74, 6) is -0.359. The van der Waals surface area contributed by atoms with Gasteiger partial charge in [-0.1, -0.05) is 42.0 Å². The van der Waals surface area contributed by atoms with E-state index in [2.05, 4.69) is 48.7 Å². The minimum absolute atomic E-state index is 0.359. The van der Waals surface area contributed by atoms with E-state index >= 15 is 0 Å². The lowest BCUT2D eigenvalue weighted by molar-refractivity contribution is 0.0999. The van der Waals surface area contributed by atoms with Gasteiger partial charge in [0.1, 0.15) is 0 Å². The molecular formula is C21H17NOS. The van der Waals surface area contributed by atoms with Crippen LogP contribution in [0.4, 0.5) is 0 Å². The van der Waals surface area contributed by atoms with Crippen molar-refractivity contribution in [2.24, 2.45) is 5.73 Å². The Morgan fingerprint density at radius 1 is 1.08 bits per heavy atom. The highest BCUT2D eigenvalue weighted by molar-refractivity contribution is 7.13. The van der Waals surface area contributed by atoms with Gasteiger partial charge in [-0.2, -0.15) is 0 Å². The Labute approximate surface area is 145 Å². The van der Waals surface area contributed by atoms with Crippen molar-refractivity contribution in [2.45, 2.75) is 13.3 Å². The minimum atomic E-state index is -0.359. The van der Waals surface area contributed by atoms with Crippen molar-refractivity contribution in [3.63, 3.8) is 0 Å². The molecule has 0 unspecified atom stereocenters. The third-order valence-corrected chi connectivity index (χ3v) is 5.42. The van der Waals surface area contributed by atoms with Crippen LogP contribution in [-0.4, -0.2) is 5.91 Å². The predicted octanol–water partition coefficient (Wildman–Crippen LogP) is 4.92. The van der Waals surface area contributed by atoms with Crippen LogP contribution in [0.2, 0.25) is 0 Å². The Hall–Kier alpha value is -2.65. The van der Waals surface area contributed by atoms with Crippen LogP contribution in [-0.2, 0) is 6.42 Å². The van der Waals surface area contributed by atoms with Crippen molar-refractivity contribution < 1.29 is 4.79 Å². The van der Waals surface area contributed by atoms with Gasteiger partial charge < -0.3 is 5.73 Å². The number of thiophene rings is 1. The minimum Gasteiger partial charge on any atom is -0.366 e. The quantitative estimate of drug-likeness (QED) is 0.727. The summed E-state index contributed by atoms with van der Waals surface area (Å²) < 4.78 is 0. The second kappa shape index (κ2) is 5.77. The van der Waals surface area contributed by atoms with Crippen molar-refractivity contribution in [1.82, 2.24) is 0 Å². The SMILES string of the molecule is Cc1ccc(C2=Cc3c(-c4cccs4)ccc(C(N)=O)c3C2)cc1. The van der Waals surface area contributed by atoms with Crippen molar-refractivity contribution in [1.29, 1.82) is 0 Å². The first-order chi connectivity index (χ1) is 11.6. The lowest BCUT2D eigenvalue weighted by Crippen LogP contribution is -2.14. The first kappa shape index (κ1) is 14.9. The van der Waals surface area contributed by atoms with Gasteiger partial charge in [-0.25, -0.2) is 0 Å². The summed E-state index contributed by atoms with van der Waals surface area (Å²) in [5, 5.41) is 2.07. The van der Waals surface area contributed by atoms with Gasteiger partial charge in [0, 0.05) is 10.4 Å². The second-order valence-corrected chi connectivity index (χ2v) is 7.05. The van der Waals surface area contributed by atoms with E-state index in [4.69, 9.17) is 5.73 Å². The molecule has 1 aliphatic carbocycles. The summed E-state index contributed by atoms with van der Waals surface area (Å²) in [6.07, 6.45) is 2.96. The largest absolute Gasteiger partial charge is 0.366 e. The Morgan fingerprint density at radius 3 is 2.54 bits per heavy atom. The van der Waals surface area contributed by atoms with Gasteiger partial charge in [-0.3, -0.25) is 4.79 Å². The smallest absolute Gasteiger partial charge is 0.249 e. The molecule has 24 heavy (non-hydrogen) atoms. The fourth-order valence-electron chi connectivity index (χ4n) is 3.27. The zero-order valence-corrected chi connectivity index (χ0v) is 14.2. The van der Waals surface area contributed by atoms with Crippen molar-refractivity contribution in [3.8, 4) is 10.4 Å². The molecule has 0 aliphatic heterocycles. The molecule has 0 saturated carbocycles. The molecule has 0 saturated heterocycles. The number of rotatable bonds is 3. The normalized spacial score (nSPS) is 12.8. The Kier molecular flexibility index (Phi) is 3.58. The van der Waals surface area contributed by atoms with Crippen molar-refractivity contribution in [3.05, 3.63) is 81.7 Å². The molecule has 3 aromatic rings. The molecule has 0 atom stereocenters. The highest BCUT2D eigenvalue weighted by Crippen LogP contribution is 2.40. The van der Waals surface area contributed by atoms with Crippen LogP contribution in [0.3, 0.4) is 0 Å². The Morgan fingerprint density at radius 2 is 1.88 bits per heavy atom. The van der Waals surface area contributed by atoms with Crippen LogP contribution in [0.25, 0.3) is 22.1 Å². The van der Waals surface area contributed by atoms with Gasteiger partial charge in [0.15, 0.2) is 0 Å². The van der Waals surface area contributed by atoms with E-state index in [1.807, 2.05) is 18.2 Å². The molecule has 3 heteroatoms. The summed E-state index contributed by atoms with van der Waals surface area (Å²) in [6, 6.07) is 16.6. The molecule has 0 bridgehead atoms. The lowest BCUT2D eigenvalue weighted by atomic mass is 9.96. The molecule has 0 fully saturated rings. The molecule has 2 aromatic carbocycles. The van der Waals surface area contributed by atoms with Gasteiger partial charge in [0.25, 0.3) is 0 Å². The molecule has 4 rings (SSSR count). The number of fused-ring (bicyclic) bond motifs is 1. The number of aryl methyl sites for hydroxylation is 1. The topological polar surface area (TPSA) is 43.1 Å². The Balaban J connectivity index is 1.87. The molecule has 2 N–H and O–H groups in total. The van der Waals surface area contributed by atoms with Crippen LogP contribution in [0.15, 0.2) is 53.9 Å². The van der Waals surface area contributed by atoms with E-state index in [-0.39, 0.29) is 5.91 Å². The summed E-state index contributed by atoms with van der Waals surface area (Å²) in [4.78, 5) is 13.1. The third-order valence-electron chi connectivity index (χ3n) is 4.52. The van der Waals surface area contributed by atoms with Gasteiger partial charge in [0.05, 0.1) is 0 Å². The number of hydrogen-bond acceptors (Lipinski definition) is 2. The highest BCUT2D eigenvalue weighted by atomic mass is 32.1. The van der Waals surface area contributed by atoms with E-state index < -0.39 is 0 Å².